The van der Waals surface area contributed by atoms with Crippen LogP contribution in [0.25, 0.3) is 0 Å². The van der Waals surface area contributed by atoms with Crippen molar-refractivity contribution in [3.63, 3.8) is 0 Å². The Hall–Kier alpha value is -1.40. The molecule has 21 heavy (non-hydrogen) atoms. The van der Waals surface area contributed by atoms with Crippen LogP contribution in [-0.4, -0.2) is 5.11 Å². The van der Waals surface area contributed by atoms with Crippen LogP contribution in [0.15, 0.2) is 40.9 Å². The zero-order valence-corrected chi connectivity index (χ0v) is 12.5. The van der Waals surface area contributed by atoms with Gasteiger partial charge in [-0.2, -0.15) is 13.2 Å². The third kappa shape index (κ3) is 3.63. The van der Waals surface area contributed by atoms with Crippen molar-refractivity contribution in [2.45, 2.75) is 19.2 Å². The zero-order valence-electron chi connectivity index (χ0n) is 10.9. The summed E-state index contributed by atoms with van der Waals surface area (Å²) in [6, 6.07) is 6.89. The standard InChI is InChI=1S/C15H11BrF4O/c1-8-4-9(6-11(17)5-8)14(21)12-7-10(15(18,19)20)2-3-13(12)16/h2-7,14,21H,1H3. The monoisotopic (exact) mass is 362 g/mol. The lowest BCUT2D eigenvalue weighted by atomic mass is 9.98. The quantitative estimate of drug-likeness (QED) is 0.745. The fraction of sp³-hybridized carbons (Fsp3) is 0.200. The summed E-state index contributed by atoms with van der Waals surface area (Å²) in [6.07, 6.45) is -5.86. The second-order valence-corrected chi connectivity index (χ2v) is 5.55. The number of aryl methyl sites for hydroxylation is 1. The fourth-order valence-corrected chi connectivity index (χ4v) is 2.50. The Balaban J connectivity index is 2.49. The van der Waals surface area contributed by atoms with Gasteiger partial charge in [0.25, 0.3) is 0 Å². The van der Waals surface area contributed by atoms with Gasteiger partial charge in [0.15, 0.2) is 0 Å². The molecule has 1 unspecified atom stereocenters. The lowest BCUT2D eigenvalue weighted by molar-refractivity contribution is -0.137. The molecule has 0 aliphatic heterocycles. The van der Waals surface area contributed by atoms with E-state index >= 15 is 0 Å². The predicted octanol–water partition coefficient (Wildman–Crippen LogP) is 5.00. The highest BCUT2D eigenvalue weighted by atomic mass is 79.9. The number of halogens is 5. The Bertz CT molecular complexity index is 647. The second kappa shape index (κ2) is 5.77. The van der Waals surface area contributed by atoms with Crippen LogP contribution in [0, 0.1) is 12.7 Å². The summed E-state index contributed by atoms with van der Waals surface area (Å²) in [7, 11) is 0. The molecule has 0 aliphatic rings. The van der Waals surface area contributed by atoms with Crippen molar-refractivity contribution >= 4 is 15.9 Å². The van der Waals surface area contributed by atoms with E-state index in [2.05, 4.69) is 15.9 Å². The Kier molecular flexibility index (Phi) is 4.39. The number of aliphatic hydroxyl groups is 1. The van der Waals surface area contributed by atoms with Gasteiger partial charge in [-0.15, -0.1) is 0 Å². The summed E-state index contributed by atoms with van der Waals surface area (Å²) in [5.41, 5.74) is -0.0534. The molecule has 1 nitrogen and oxygen atoms in total. The van der Waals surface area contributed by atoms with E-state index in [4.69, 9.17) is 0 Å². The van der Waals surface area contributed by atoms with Crippen molar-refractivity contribution < 1.29 is 22.7 Å². The number of aliphatic hydroxyl groups excluding tert-OH is 1. The van der Waals surface area contributed by atoms with E-state index in [0.717, 1.165) is 18.2 Å². The first kappa shape index (κ1) is 16.0. The van der Waals surface area contributed by atoms with Crippen molar-refractivity contribution in [1.29, 1.82) is 0 Å². The molecule has 0 heterocycles. The molecule has 0 bridgehead atoms. The van der Waals surface area contributed by atoms with Gasteiger partial charge in [0.05, 0.1) is 5.56 Å². The molecular formula is C15H11BrF4O. The van der Waals surface area contributed by atoms with Crippen LogP contribution >= 0.6 is 15.9 Å². The topological polar surface area (TPSA) is 20.2 Å². The van der Waals surface area contributed by atoms with Gasteiger partial charge in [0, 0.05) is 4.47 Å². The average Bonchev–Trinajstić information content (AvgIpc) is 2.36. The minimum atomic E-state index is -4.51. The van der Waals surface area contributed by atoms with E-state index in [9.17, 15) is 22.7 Å². The van der Waals surface area contributed by atoms with Crippen molar-refractivity contribution in [1.82, 2.24) is 0 Å². The smallest absolute Gasteiger partial charge is 0.384 e. The van der Waals surface area contributed by atoms with Gasteiger partial charge in [-0.1, -0.05) is 22.0 Å². The predicted molar refractivity (Wildman–Crippen MR) is 74.3 cm³/mol. The van der Waals surface area contributed by atoms with Crippen LogP contribution in [0.4, 0.5) is 17.6 Å². The van der Waals surface area contributed by atoms with Crippen LogP contribution in [0.2, 0.25) is 0 Å². The van der Waals surface area contributed by atoms with E-state index in [1.165, 1.54) is 18.2 Å². The van der Waals surface area contributed by atoms with E-state index in [1.54, 1.807) is 6.92 Å². The van der Waals surface area contributed by atoms with Crippen molar-refractivity contribution in [3.05, 3.63) is 68.9 Å². The molecular weight excluding hydrogens is 352 g/mol. The largest absolute Gasteiger partial charge is 0.416 e. The summed E-state index contributed by atoms with van der Waals surface area (Å²) < 4.78 is 51.9. The van der Waals surface area contributed by atoms with E-state index < -0.39 is 23.7 Å². The van der Waals surface area contributed by atoms with Crippen LogP contribution in [0.1, 0.15) is 28.4 Å². The van der Waals surface area contributed by atoms with E-state index in [-0.39, 0.29) is 11.1 Å². The van der Waals surface area contributed by atoms with Crippen molar-refractivity contribution in [2.75, 3.05) is 0 Å². The van der Waals surface area contributed by atoms with Gasteiger partial charge in [-0.3, -0.25) is 0 Å². The summed E-state index contributed by atoms with van der Waals surface area (Å²) in [4.78, 5) is 0. The highest BCUT2D eigenvalue weighted by Crippen LogP contribution is 2.35. The molecule has 0 saturated heterocycles. The SMILES string of the molecule is Cc1cc(F)cc(C(O)c2cc(C(F)(F)F)ccc2Br)c1. The van der Waals surface area contributed by atoms with Gasteiger partial charge < -0.3 is 5.11 Å². The van der Waals surface area contributed by atoms with Gasteiger partial charge in [0.2, 0.25) is 0 Å². The molecule has 0 fully saturated rings. The first-order valence-electron chi connectivity index (χ1n) is 6.00. The van der Waals surface area contributed by atoms with E-state index in [0.29, 0.717) is 10.0 Å². The lowest BCUT2D eigenvalue weighted by Crippen LogP contribution is -2.08. The Labute approximate surface area is 127 Å². The number of hydrogen-bond donors (Lipinski definition) is 1. The maximum Gasteiger partial charge on any atom is 0.416 e. The van der Waals surface area contributed by atoms with E-state index in [1.807, 2.05) is 0 Å². The lowest BCUT2D eigenvalue weighted by Gasteiger charge is -2.16. The van der Waals surface area contributed by atoms with Gasteiger partial charge in [-0.25, -0.2) is 4.39 Å². The maximum absolute atomic E-state index is 13.4. The van der Waals surface area contributed by atoms with Crippen molar-refractivity contribution in [2.24, 2.45) is 0 Å². The molecule has 6 heteroatoms. The molecule has 0 aliphatic carbocycles. The van der Waals surface area contributed by atoms with Gasteiger partial charge in [-0.05, 0) is 53.9 Å². The number of alkyl halides is 3. The fourth-order valence-electron chi connectivity index (χ4n) is 2.03. The minimum Gasteiger partial charge on any atom is -0.384 e. The zero-order chi connectivity index (χ0) is 15.8. The average molecular weight is 363 g/mol. The highest BCUT2D eigenvalue weighted by Gasteiger charge is 2.31. The number of hydrogen-bond acceptors (Lipinski definition) is 1. The first-order valence-corrected chi connectivity index (χ1v) is 6.79. The molecule has 0 aromatic heterocycles. The highest BCUT2D eigenvalue weighted by molar-refractivity contribution is 9.10. The minimum absolute atomic E-state index is 0.0369. The van der Waals surface area contributed by atoms with Gasteiger partial charge in [0.1, 0.15) is 11.9 Å². The molecule has 112 valence electrons. The number of benzene rings is 2. The molecule has 0 radical (unpaired) electrons. The molecule has 2 aromatic carbocycles. The summed E-state index contributed by atoms with van der Waals surface area (Å²) in [6.45, 7) is 1.64. The molecule has 2 rings (SSSR count). The van der Waals surface area contributed by atoms with Crippen LogP contribution in [-0.2, 0) is 6.18 Å². The first-order chi connectivity index (χ1) is 9.68. The third-order valence-corrected chi connectivity index (χ3v) is 3.72. The summed E-state index contributed by atoms with van der Waals surface area (Å²) in [5.74, 6) is -0.549. The Morgan fingerprint density at radius 3 is 2.33 bits per heavy atom. The number of rotatable bonds is 2. The Morgan fingerprint density at radius 2 is 1.76 bits per heavy atom. The van der Waals surface area contributed by atoms with Gasteiger partial charge >= 0.3 is 6.18 Å². The Morgan fingerprint density at radius 1 is 1.10 bits per heavy atom. The van der Waals surface area contributed by atoms with Crippen molar-refractivity contribution in [3.8, 4) is 0 Å². The third-order valence-electron chi connectivity index (χ3n) is 3.00. The molecule has 2 aromatic rings. The second-order valence-electron chi connectivity index (χ2n) is 4.70. The van der Waals surface area contributed by atoms with Crippen LogP contribution < -0.4 is 0 Å². The van der Waals surface area contributed by atoms with Crippen LogP contribution in [0.3, 0.4) is 0 Å². The molecule has 0 saturated carbocycles. The molecule has 1 N–H and O–H groups in total. The summed E-state index contributed by atoms with van der Waals surface area (Å²) in [5, 5.41) is 10.2. The normalized spacial score (nSPS) is 13.3. The van der Waals surface area contributed by atoms with Crippen LogP contribution in [0.5, 0.6) is 0 Å². The maximum atomic E-state index is 13.4. The molecule has 0 amide bonds. The summed E-state index contributed by atoms with van der Waals surface area (Å²) >= 11 is 3.11. The molecule has 1 atom stereocenters. The molecule has 0 spiro atoms.